The van der Waals surface area contributed by atoms with Crippen molar-refractivity contribution in [3.8, 4) is 0 Å². The van der Waals surface area contributed by atoms with Crippen LogP contribution in [0, 0.1) is 5.41 Å². The van der Waals surface area contributed by atoms with Gasteiger partial charge in [0.1, 0.15) is 5.60 Å². The van der Waals surface area contributed by atoms with E-state index in [0.717, 1.165) is 11.1 Å². The van der Waals surface area contributed by atoms with Crippen molar-refractivity contribution in [3.63, 3.8) is 0 Å². The molecule has 0 radical (unpaired) electrons. The fraction of sp³-hybridized carbons (Fsp3) is 0.412. The van der Waals surface area contributed by atoms with Gasteiger partial charge >= 0.3 is 11.9 Å². The molecular formula is C17H20O4. The highest BCUT2D eigenvalue weighted by molar-refractivity contribution is 6.14. The van der Waals surface area contributed by atoms with E-state index in [1.165, 1.54) is 7.11 Å². The van der Waals surface area contributed by atoms with Crippen molar-refractivity contribution in [3.05, 3.63) is 42.0 Å². The van der Waals surface area contributed by atoms with Crippen LogP contribution in [0.1, 0.15) is 31.9 Å². The number of hydrogen-bond donors (Lipinski definition) is 0. The molecule has 0 heterocycles. The monoisotopic (exact) mass is 288 g/mol. The Morgan fingerprint density at radius 1 is 1.19 bits per heavy atom. The highest BCUT2D eigenvalue weighted by Gasteiger charge is 2.56. The highest BCUT2D eigenvalue weighted by atomic mass is 16.6. The Hall–Kier alpha value is -2.10. The van der Waals surface area contributed by atoms with Crippen molar-refractivity contribution in [2.45, 2.75) is 32.8 Å². The van der Waals surface area contributed by atoms with E-state index in [9.17, 15) is 9.59 Å². The van der Waals surface area contributed by atoms with Crippen LogP contribution in [0.2, 0.25) is 0 Å². The maximum atomic E-state index is 12.7. The number of methoxy groups -OCH3 is 1. The minimum atomic E-state index is -1.48. The van der Waals surface area contributed by atoms with Crippen molar-refractivity contribution in [1.82, 2.24) is 0 Å². The standard InChI is InChI=1S/C17H20O4/c1-11-13-9-7-6-8-12(13)10-17(11,14(18)20-5)15(19)21-16(2,3)4/h6-9H,1,10H2,2-5H3. The predicted octanol–water partition coefficient (Wildman–Crippen LogP) is 2.76. The molecule has 0 saturated heterocycles. The zero-order chi connectivity index (χ0) is 15.8. The van der Waals surface area contributed by atoms with E-state index in [1.54, 1.807) is 20.8 Å². The van der Waals surface area contributed by atoms with Crippen molar-refractivity contribution < 1.29 is 19.1 Å². The first-order chi connectivity index (χ1) is 9.72. The smallest absolute Gasteiger partial charge is 0.328 e. The number of benzene rings is 1. The van der Waals surface area contributed by atoms with Crippen LogP contribution in [0.3, 0.4) is 0 Å². The Kier molecular flexibility index (Phi) is 3.66. The molecule has 0 aliphatic heterocycles. The fourth-order valence-corrected chi connectivity index (χ4v) is 2.60. The Balaban J connectivity index is 2.50. The number of ether oxygens (including phenoxy) is 2. The van der Waals surface area contributed by atoms with E-state index >= 15 is 0 Å². The lowest BCUT2D eigenvalue weighted by Crippen LogP contribution is -2.44. The molecule has 1 aliphatic carbocycles. The van der Waals surface area contributed by atoms with E-state index < -0.39 is 23.0 Å². The van der Waals surface area contributed by atoms with Gasteiger partial charge in [-0.05, 0) is 37.5 Å². The van der Waals surface area contributed by atoms with Crippen LogP contribution in [0.4, 0.5) is 0 Å². The van der Waals surface area contributed by atoms with Crippen LogP contribution in [-0.2, 0) is 25.5 Å². The molecule has 1 aliphatic rings. The van der Waals surface area contributed by atoms with Gasteiger partial charge in [0.25, 0.3) is 0 Å². The lowest BCUT2D eigenvalue weighted by atomic mass is 9.81. The summed E-state index contributed by atoms with van der Waals surface area (Å²) in [5.41, 5.74) is -0.00878. The van der Waals surface area contributed by atoms with Gasteiger partial charge in [-0.3, -0.25) is 9.59 Å². The van der Waals surface area contributed by atoms with Crippen molar-refractivity contribution >= 4 is 17.5 Å². The van der Waals surface area contributed by atoms with Gasteiger partial charge in [-0.25, -0.2) is 0 Å². The van der Waals surface area contributed by atoms with E-state index in [0.29, 0.717) is 5.57 Å². The topological polar surface area (TPSA) is 52.6 Å². The first kappa shape index (κ1) is 15.3. The number of esters is 2. The second-order valence-electron chi connectivity index (χ2n) is 6.21. The maximum Gasteiger partial charge on any atom is 0.328 e. The molecule has 0 aromatic heterocycles. The minimum Gasteiger partial charge on any atom is -0.468 e. The van der Waals surface area contributed by atoms with Crippen LogP contribution in [0.25, 0.3) is 5.57 Å². The number of hydrogen-bond acceptors (Lipinski definition) is 4. The largest absolute Gasteiger partial charge is 0.468 e. The van der Waals surface area contributed by atoms with E-state index in [4.69, 9.17) is 9.47 Å². The van der Waals surface area contributed by atoms with Crippen LogP contribution in [0.5, 0.6) is 0 Å². The molecule has 0 N–H and O–H groups in total. The quantitative estimate of drug-likeness (QED) is 0.620. The Bertz CT molecular complexity index is 609. The molecule has 0 fully saturated rings. The fourth-order valence-electron chi connectivity index (χ4n) is 2.60. The molecule has 21 heavy (non-hydrogen) atoms. The first-order valence-electron chi connectivity index (χ1n) is 6.82. The molecule has 1 atom stereocenters. The Morgan fingerprint density at radius 3 is 2.33 bits per heavy atom. The summed E-state index contributed by atoms with van der Waals surface area (Å²) in [6.07, 6.45) is 0.226. The average Bonchev–Trinajstić information content (AvgIpc) is 2.71. The van der Waals surface area contributed by atoms with Crippen LogP contribution in [-0.4, -0.2) is 24.6 Å². The molecule has 0 bridgehead atoms. The van der Waals surface area contributed by atoms with Crippen molar-refractivity contribution in [2.75, 3.05) is 7.11 Å². The van der Waals surface area contributed by atoms with Crippen molar-refractivity contribution in [1.29, 1.82) is 0 Å². The summed E-state index contributed by atoms with van der Waals surface area (Å²) >= 11 is 0. The summed E-state index contributed by atoms with van der Waals surface area (Å²) in [7, 11) is 1.27. The third-order valence-corrected chi connectivity index (χ3v) is 3.59. The number of carbonyl (C=O) groups is 2. The molecular weight excluding hydrogens is 268 g/mol. The first-order valence-corrected chi connectivity index (χ1v) is 6.82. The van der Waals surface area contributed by atoms with Gasteiger partial charge in [-0.15, -0.1) is 0 Å². The third kappa shape index (κ3) is 2.46. The SMILES string of the molecule is C=C1c2ccccc2CC1(C(=O)OC)C(=O)OC(C)(C)C. The van der Waals surface area contributed by atoms with E-state index in [1.807, 2.05) is 24.3 Å². The van der Waals surface area contributed by atoms with Gasteiger partial charge in [0.15, 0.2) is 5.41 Å². The van der Waals surface area contributed by atoms with E-state index in [-0.39, 0.29) is 6.42 Å². The molecule has 2 rings (SSSR count). The summed E-state index contributed by atoms with van der Waals surface area (Å²) in [5, 5.41) is 0. The van der Waals surface area contributed by atoms with Crippen molar-refractivity contribution in [2.24, 2.45) is 5.41 Å². The average molecular weight is 288 g/mol. The summed E-state index contributed by atoms with van der Waals surface area (Å²) < 4.78 is 10.3. The van der Waals surface area contributed by atoms with Gasteiger partial charge in [0.05, 0.1) is 7.11 Å². The third-order valence-electron chi connectivity index (χ3n) is 3.59. The predicted molar refractivity (Wildman–Crippen MR) is 79.5 cm³/mol. The van der Waals surface area contributed by atoms with E-state index in [2.05, 4.69) is 6.58 Å². The zero-order valence-electron chi connectivity index (χ0n) is 12.9. The Morgan fingerprint density at radius 2 is 1.81 bits per heavy atom. The maximum absolute atomic E-state index is 12.7. The summed E-state index contributed by atoms with van der Waals surface area (Å²) in [6.45, 7) is 9.26. The molecule has 4 nitrogen and oxygen atoms in total. The van der Waals surface area contributed by atoms with Gasteiger partial charge in [0.2, 0.25) is 0 Å². The molecule has 0 saturated carbocycles. The Labute approximate surface area is 124 Å². The number of carbonyl (C=O) groups excluding carboxylic acids is 2. The number of fused-ring (bicyclic) bond motifs is 1. The molecule has 0 spiro atoms. The molecule has 4 heteroatoms. The summed E-state index contributed by atoms with van der Waals surface area (Å²) in [4.78, 5) is 25.0. The lowest BCUT2D eigenvalue weighted by Gasteiger charge is -2.29. The van der Waals surface area contributed by atoms with Crippen LogP contribution < -0.4 is 0 Å². The second-order valence-corrected chi connectivity index (χ2v) is 6.21. The molecule has 1 aromatic carbocycles. The zero-order valence-corrected chi connectivity index (χ0v) is 12.9. The van der Waals surface area contributed by atoms with Crippen LogP contribution >= 0.6 is 0 Å². The van der Waals surface area contributed by atoms with Gasteiger partial charge in [-0.2, -0.15) is 0 Å². The highest BCUT2D eigenvalue weighted by Crippen LogP contribution is 2.47. The molecule has 1 unspecified atom stereocenters. The molecule has 1 aromatic rings. The normalized spacial score (nSPS) is 20.9. The van der Waals surface area contributed by atoms with Crippen LogP contribution in [0.15, 0.2) is 30.8 Å². The van der Waals surface area contributed by atoms with Gasteiger partial charge in [0, 0.05) is 6.42 Å². The van der Waals surface area contributed by atoms with Gasteiger partial charge in [-0.1, -0.05) is 30.8 Å². The summed E-state index contributed by atoms with van der Waals surface area (Å²) in [6, 6.07) is 7.46. The minimum absolute atomic E-state index is 0.226. The number of rotatable bonds is 2. The lowest BCUT2D eigenvalue weighted by molar-refractivity contribution is -0.173. The molecule has 112 valence electrons. The summed E-state index contributed by atoms with van der Waals surface area (Å²) in [5.74, 6) is -1.24. The molecule has 0 amide bonds. The van der Waals surface area contributed by atoms with Gasteiger partial charge < -0.3 is 9.47 Å². The second kappa shape index (κ2) is 5.02.